The van der Waals surface area contributed by atoms with E-state index in [1.165, 1.54) is 23.5 Å². The second-order valence-corrected chi connectivity index (χ2v) is 5.81. The van der Waals surface area contributed by atoms with Crippen LogP contribution in [0, 0.1) is 0 Å². The topological polar surface area (TPSA) is 121 Å². The van der Waals surface area contributed by atoms with Crippen molar-refractivity contribution in [3.63, 3.8) is 0 Å². The molecule has 5 atom stereocenters. The molecule has 104 valence electrons. The molecule has 0 heterocycles. The highest BCUT2D eigenvalue weighted by Crippen LogP contribution is 2.25. The molecular weight excluding hydrogens is 268 g/mol. The lowest BCUT2D eigenvalue weighted by Crippen LogP contribution is -2.51. The van der Waals surface area contributed by atoms with Gasteiger partial charge in [-0.2, -0.15) is 0 Å². The third kappa shape index (κ3) is 4.92. The van der Waals surface area contributed by atoms with Crippen molar-refractivity contribution < 1.29 is 30.6 Å². The van der Waals surface area contributed by atoms with Gasteiger partial charge in [0.15, 0.2) is 0 Å². The van der Waals surface area contributed by atoms with Crippen molar-refractivity contribution in [1.82, 2.24) is 0 Å². The second-order valence-electron chi connectivity index (χ2n) is 3.55. The molecule has 0 saturated heterocycles. The van der Waals surface area contributed by atoms with Crippen LogP contribution in [-0.2, 0) is 0 Å². The minimum Gasteiger partial charge on any atom is -0.394 e. The van der Waals surface area contributed by atoms with Crippen molar-refractivity contribution in [3.8, 4) is 0 Å². The molecule has 0 amide bonds. The van der Waals surface area contributed by atoms with Crippen molar-refractivity contribution in [3.05, 3.63) is 0 Å². The van der Waals surface area contributed by atoms with Crippen molar-refractivity contribution >= 4 is 23.5 Å². The molecular formula is C9H20O6S2. The molecule has 0 spiro atoms. The largest absolute Gasteiger partial charge is 0.394 e. The van der Waals surface area contributed by atoms with E-state index in [1.807, 2.05) is 0 Å². The van der Waals surface area contributed by atoms with Gasteiger partial charge in [-0.1, -0.05) is 0 Å². The van der Waals surface area contributed by atoms with E-state index in [9.17, 15) is 20.4 Å². The second kappa shape index (κ2) is 8.54. The van der Waals surface area contributed by atoms with Crippen LogP contribution in [0.1, 0.15) is 0 Å². The van der Waals surface area contributed by atoms with Crippen LogP contribution in [0.3, 0.4) is 0 Å². The maximum atomic E-state index is 9.74. The van der Waals surface area contributed by atoms with Crippen LogP contribution in [-0.4, -0.2) is 84.9 Å². The molecule has 6 N–H and O–H groups in total. The molecule has 0 fully saturated rings. The summed E-state index contributed by atoms with van der Waals surface area (Å²) in [5, 5.41) is 56.1. The summed E-state index contributed by atoms with van der Waals surface area (Å²) in [7, 11) is 0. The van der Waals surface area contributed by atoms with Gasteiger partial charge < -0.3 is 30.6 Å². The summed E-state index contributed by atoms with van der Waals surface area (Å²) in [6, 6.07) is 0. The minimum atomic E-state index is -1.73. The van der Waals surface area contributed by atoms with Crippen LogP contribution in [0.4, 0.5) is 0 Å². The van der Waals surface area contributed by atoms with Crippen molar-refractivity contribution in [2.45, 2.75) is 35.1 Å². The van der Waals surface area contributed by atoms with Gasteiger partial charge in [0.1, 0.15) is 30.5 Å². The molecule has 6 nitrogen and oxygen atoms in total. The van der Waals surface area contributed by atoms with Crippen LogP contribution in [0.2, 0.25) is 0 Å². The number of aliphatic hydroxyl groups is 6. The van der Waals surface area contributed by atoms with Gasteiger partial charge in [-0.3, -0.25) is 0 Å². The first-order valence-electron chi connectivity index (χ1n) is 4.97. The van der Waals surface area contributed by atoms with E-state index in [1.54, 1.807) is 12.5 Å². The predicted molar refractivity (Wildman–Crippen MR) is 67.9 cm³/mol. The Morgan fingerprint density at radius 1 is 0.765 bits per heavy atom. The van der Waals surface area contributed by atoms with Crippen molar-refractivity contribution in [1.29, 1.82) is 0 Å². The minimum absolute atomic E-state index is 0.363. The van der Waals surface area contributed by atoms with Gasteiger partial charge in [-0.25, -0.2) is 0 Å². The molecule has 0 radical (unpaired) electrons. The zero-order valence-corrected chi connectivity index (χ0v) is 11.3. The summed E-state index contributed by atoms with van der Waals surface area (Å²) in [5.41, 5.74) is 0. The van der Waals surface area contributed by atoms with Gasteiger partial charge in [-0.15, -0.1) is 23.5 Å². The normalized spacial score (nSPS) is 21.0. The molecule has 0 saturated carbocycles. The molecule has 0 aromatic heterocycles. The predicted octanol–water partition coefficient (Wildman–Crippen LogP) is -2.16. The van der Waals surface area contributed by atoms with E-state index in [-0.39, 0.29) is 4.58 Å². The fourth-order valence-electron chi connectivity index (χ4n) is 1.28. The Labute approximate surface area is 109 Å². The standard InChI is InChI=1S/C9H20O6S2/c1-16-9(17-2)8(15)7(14)6(13)5(12)4(11)3-10/h4-15H,3H2,1-2H3. The maximum absolute atomic E-state index is 9.74. The van der Waals surface area contributed by atoms with E-state index in [4.69, 9.17) is 10.2 Å². The number of thioether (sulfide) groups is 2. The van der Waals surface area contributed by atoms with Crippen LogP contribution < -0.4 is 0 Å². The summed E-state index contributed by atoms with van der Waals surface area (Å²) in [4.78, 5) is 0. The zero-order valence-electron chi connectivity index (χ0n) is 9.67. The average molecular weight is 288 g/mol. The molecule has 8 heteroatoms. The van der Waals surface area contributed by atoms with E-state index in [2.05, 4.69) is 0 Å². The Morgan fingerprint density at radius 2 is 1.18 bits per heavy atom. The van der Waals surface area contributed by atoms with Gasteiger partial charge in [0.05, 0.1) is 11.2 Å². The van der Waals surface area contributed by atoms with E-state index in [0.717, 1.165) is 0 Å². The molecule has 17 heavy (non-hydrogen) atoms. The van der Waals surface area contributed by atoms with Crippen LogP contribution in [0.5, 0.6) is 0 Å². The summed E-state index contributed by atoms with van der Waals surface area (Å²) < 4.78 is -0.363. The molecule has 5 unspecified atom stereocenters. The molecule has 0 aliphatic carbocycles. The maximum Gasteiger partial charge on any atom is 0.111 e. The number of rotatable bonds is 8. The van der Waals surface area contributed by atoms with Crippen molar-refractivity contribution in [2.24, 2.45) is 0 Å². The smallest absolute Gasteiger partial charge is 0.111 e. The van der Waals surface area contributed by atoms with Crippen LogP contribution in [0.25, 0.3) is 0 Å². The Hall–Kier alpha value is 0.460. The number of hydrogen-bond acceptors (Lipinski definition) is 8. The Balaban J connectivity index is 4.51. The Morgan fingerprint density at radius 3 is 1.53 bits per heavy atom. The van der Waals surface area contributed by atoms with Gasteiger partial charge in [-0.05, 0) is 12.5 Å². The fourth-order valence-corrected chi connectivity index (χ4v) is 2.93. The lowest BCUT2D eigenvalue weighted by atomic mass is 10.0. The van der Waals surface area contributed by atoms with Gasteiger partial charge in [0, 0.05) is 0 Å². The highest BCUT2D eigenvalue weighted by Gasteiger charge is 2.36. The molecule has 0 bridgehead atoms. The molecule has 0 aliphatic heterocycles. The summed E-state index contributed by atoms with van der Waals surface area (Å²) >= 11 is 2.60. The van der Waals surface area contributed by atoms with E-state index >= 15 is 0 Å². The van der Waals surface area contributed by atoms with E-state index < -0.39 is 37.1 Å². The Kier molecular flexibility index (Phi) is 8.77. The monoisotopic (exact) mass is 288 g/mol. The third-order valence-corrected chi connectivity index (χ3v) is 5.02. The molecule has 0 aromatic rings. The van der Waals surface area contributed by atoms with Gasteiger partial charge in [0.25, 0.3) is 0 Å². The zero-order chi connectivity index (χ0) is 13.6. The third-order valence-electron chi connectivity index (χ3n) is 2.37. The Bertz CT molecular complexity index is 204. The molecule has 0 aromatic carbocycles. The lowest BCUT2D eigenvalue weighted by molar-refractivity contribution is -0.137. The highest BCUT2D eigenvalue weighted by molar-refractivity contribution is 8.16. The molecule has 0 aliphatic rings. The average Bonchev–Trinajstić information content (AvgIpc) is 2.36. The number of aliphatic hydroxyl groups excluding tert-OH is 6. The summed E-state index contributed by atoms with van der Waals surface area (Å²) in [5.74, 6) is 0. The first-order chi connectivity index (χ1) is 7.90. The summed E-state index contributed by atoms with van der Waals surface area (Å²) in [6.45, 7) is -0.741. The van der Waals surface area contributed by atoms with Crippen LogP contribution >= 0.6 is 23.5 Å². The number of hydrogen-bond donors (Lipinski definition) is 6. The van der Waals surface area contributed by atoms with Crippen LogP contribution in [0.15, 0.2) is 0 Å². The lowest BCUT2D eigenvalue weighted by Gasteiger charge is -2.31. The van der Waals surface area contributed by atoms with Gasteiger partial charge in [0.2, 0.25) is 0 Å². The van der Waals surface area contributed by atoms with E-state index in [0.29, 0.717) is 0 Å². The fraction of sp³-hybridized carbons (Fsp3) is 1.00. The van der Waals surface area contributed by atoms with Gasteiger partial charge >= 0.3 is 0 Å². The quantitative estimate of drug-likeness (QED) is 0.279. The highest BCUT2D eigenvalue weighted by atomic mass is 32.2. The summed E-state index contributed by atoms with van der Waals surface area (Å²) in [6.07, 6.45) is -4.38. The molecule has 0 rings (SSSR count). The first kappa shape index (κ1) is 17.5. The first-order valence-corrected chi connectivity index (χ1v) is 7.55. The SMILES string of the molecule is CSC(SC)C(O)C(O)C(O)C(O)C(O)CO. The van der Waals surface area contributed by atoms with Crippen molar-refractivity contribution in [2.75, 3.05) is 19.1 Å².